The molecule has 1 rings (SSSR count). The summed E-state index contributed by atoms with van der Waals surface area (Å²) in [5, 5.41) is 3.25. The van der Waals surface area contributed by atoms with Gasteiger partial charge in [0.25, 0.3) is 0 Å². The van der Waals surface area contributed by atoms with Crippen molar-refractivity contribution in [3.05, 3.63) is 23.2 Å². The van der Waals surface area contributed by atoms with Crippen LogP contribution in [-0.4, -0.2) is 12.0 Å². The highest BCUT2D eigenvalue weighted by Gasteiger charge is 2.06. The van der Waals surface area contributed by atoms with Crippen LogP contribution in [0.1, 0.15) is 57.1 Å². The second-order valence-corrected chi connectivity index (χ2v) is 6.01. The summed E-state index contributed by atoms with van der Waals surface area (Å²) in [6.45, 7) is 11.1. The van der Waals surface area contributed by atoms with E-state index in [0.717, 1.165) is 29.4 Å². The van der Waals surface area contributed by atoms with Crippen LogP contribution in [0.2, 0.25) is 0 Å². The van der Waals surface area contributed by atoms with Gasteiger partial charge in [-0.3, -0.25) is 0 Å². The summed E-state index contributed by atoms with van der Waals surface area (Å²) in [6, 6.07) is 2.38. The van der Waals surface area contributed by atoms with Crippen LogP contribution in [0.15, 0.2) is 15.5 Å². The molecule has 0 aliphatic heterocycles. The fraction of sp³-hybridized carbons (Fsp3) is 0.688. The van der Waals surface area contributed by atoms with Crippen molar-refractivity contribution in [2.75, 3.05) is 0 Å². The van der Waals surface area contributed by atoms with E-state index >= 15 is 0 Å². The van der Waals surface area contributed by atoms with E-state index in [4.69, 9.17) is 10.2 Å². The molecule has 4 heteroatoms. The van der Waals surface area contributed by atoms with Gasteiger partial charge in [0.15, 0.2) is 5.96 Å². The molecule has 1 atom stereocenters. The molecule has 4 nitrogen and oxygen atoms in total. The monoisotopic (exact) mass is 279 g/mol. The Balaban J connectivity index is 2.36. The van der Waals surface area contributed by atoms with Gasteiger partial charge < -0.3 is 15.5 Å². The van der Waals surface area contributed by atoms with Gasteiger partial charge in [0.2, 0.25) is 0 Å². The van der Waals surface area contributed by atoms with Gasteiger partial charge in [0, 0.05) is 11.6 Å². The van der Waals surface area contributed by atoms with E-state index in [-0.39, 0.29) is 0 Å². The summed E-state index contributed by atoms with van der Waals surface area (Å²) in [4.78, 5) is 4.38. The molecule has 0 spiro atoms. The number of hydrogen-bond donors (Lipinski definition) is 2. The fourth-order valence-electron chi connectivity index (χ4n) is 2.21. The number of nitrogens with two attached hydrogens (primary N) is 1. The summed E-state index contributed by atoms with van der Waals surface area (Å²) in [7, 11) is 0. The van der Waals surface area contributed by atoms with E-state index in [1.54, 1.807) is 0 Å². The van der Waals surface area contributed by atoms with Crippen molar-refractivity contribution in [2.45, 2.75) is 66.5 Å². The van der Waals surface area contributed by atoms with Crippen molar-refractivity contribution >= 4 is 5.96 Å². The van der Waals surface area contributed by atoms with Crippen molar-refractivity contribution in [3.63, 3.8) is 0 Å². The van der Waals surface area contributed by atoms with Gasteiger partial charge in [0.1, 0.15) is 11.5 Å². The Kier molecular flexibility index (Phi) is 6.62. The van der Waals surface area contributed by atoms with Gasteiger partial charge in [0.05, 0.1) is 6.54 Å². The Labute approximate surface area is 122 Å². The lowest BCUT2D eigenvalue weighted by molar-refractivity contribution is 0.493. The quantitative estimate of drug-likeness (QED) is 0.593. The highest BCUT2D eigenvalue weighted by Crippen LogP contribution is 2.14. The largest absolute Gasteiger partial charge is 0.466 e. The molecule has 0 aromatic carbocycles. The number of guanidine groups is 1. The predicted octanol–water partition coefficient (Wildman–Crippen LogP) is 3.52. The minimum atomic E-state index is 0.365. The number of aliphatic imine (C=N–C) groups is 1. The average Bonchev–Trinajstić information content (AvgIpc) is 2.64. The minimum Gasteiger partial charge on any atom is -0.466 e. The molecule has 114 valence electrons. The highest BCUT2D eigenvalue weighted by molar-refractivity contribution is 5.78. The summed E-state index contributed by atoms with van der Waals surface area (Å²) in [5.41, 5.74) is 7.02. The summed E-state index contributed by atoms with van der Waals surface area (Å²) in [6.07, 6.45) is 3.61. The van der Waals surface area contributed by atoms with Crippen LogP contribution in [0.4, 0.5) is 0 Å². The van der Waals surface area contributed by atoms with Crippen molar-refractivity contribution in [1.82, 2.24) is 5.32 Å². The Morgan fingerprint density at radius 3 is 2.55 bits per heavy atom. The van der Waals surface area contributed by atoms with Crippen LogP contribution in [0, 0.1) is 19.8 Å². The zero-order valence-corrected chi connectivity index (χ0v) is 13.5. The lowest BCUT2D eigenvalue weighted by Gasteiger charge is -2.15. The Hall–Kier alpha value is -1.45. The molecule has 0 amide bonds. The third-order valence-corrected chi connectivity index (χ3v) is 3.38. The van der Waals surface area contributed by atoms with Gasteiger partial charge in [-0.2, -0.15) is 0 Å². The molecule has 3 N–H and O–H groups in total. The topological polar surface area (TPSA) is 63.5 Å². The number of rotatable bonds is 7. The number of nitrogens with zero attached hydrogens (tertiary/aromatic N) is 1. The smallest absolute Gasteiger partial charge is 0.189 e. The van der Waals surface area contributed by atoms with Crippen LogP contribution in [-0.2, 0) is 6.54 Å². The lowest BCUT2D eigenvalue weighted by Crippen LogP contribution is -2.38. The predicted molar refractivity (Wildman–Crippen MR) is 84.8 cm³/mol. The first kappa shape index (κ1) is 16.6. The molecule has 0 aliphatic rings. The SMILES string of the molecule is Cc1cc(CN=C(N)NC(C)CCCC(C)C)c(C)o1. The van der Waals surface area contributed by atoms with Crippen LogP contribution < -0.4 is 11.1 Å². The first-order valence-corrected chi connectivity index (χ1v) is 7.50. The molecule has 1 aromatic rings. The number of furan rings is 1. The molecule has 1 unspecified atom stereocenters. The zero-order chi connectivity index (χ0) is 15.1. The van der Waals surface area contributed by atoms with E-state index < -0.39 is 0 Å². The molecule has 0 aliphatic carbocycles. The van der Waals surface area contributed by atoms with Crippen molar-refractivity contribution in [3.8, 4) is 0 Å². The third-order valence-electron chi connectivity index (χ3n) is 3.38. The van der Waals surface area contributed by atoms with Gasteiger partial charge in [-0.25, -0.2) is 4.99 Å². The van der Waals surface area contributed by atoms with Gasteiger partial charge in [-0.1, -0.05) is 26.7 Å². The maximum Gasteiger partial charge on any atom is 0.189 e. The average molecular weight is 279 g/mol. The molecule has 20 heavy (non-hydrogen) atoms. The van der Waals surface area contributed by atoms with Crippen LogP contribution in [0.25, 0.3) is 0 Å². The highest BCUT2D eigenvalue weighted by atomic mass is 16.3. The first-order chi connectivity index (χ1) is 9.38. The standard InChI is InChI=1S/C16H29N3O/c1-11(2)7-6-8-12(3)19-16(17)18-10-15-9-13(4)20-14(15)5/h9,11-12H,6-8,10H2,1-5H3,(H3,17,18,19). The number of aryl methyl sites for hydroxylation is 2. The first-order valence-electron chi connectivity index (χ1n) is 7.50. The fourth-order valence-corrected chi connectivity index (χ4v) is 2.21. The molecule has 0 fully saturated rings. The normalized spacial score (nSPS) is 13.8. The number of hydrogen-bond acceptors (Lipinski definition) is 2. The van der Waals surface area contributed by atoms with E-state index in [1.807, 2.05) is 19.9 Å². The van der Waals surface area contributed by atoms with Crippen molar-refractivity contribution in [2.24, 2.45) is 16.6 Å². The third kappa shape index (κ3) is 6.13. The molecule has 0 saturated carbocycles. The molecule has 1 aromatic heterocycles. The van der Waals surface area contributed by atoms with E-state index in [9.17, 15) is 0 Å². The van der Waals surface area contributed by atoms with E-state index in [0.29, 0.717) is 18.5 Å². The molecule has 0 saturated heterocycles. The molecule has 0 radical (unpaired) electrons. The molecular weight excluding hydrogens is 250 g/mol. The summed E-state index contributed by atoms with van der Waals surface area (Å²) < 4.78 is 5.47. The maximum atomic E-state index is 5.92. The summed E-state index contributed by atoms with van der Waals surface area (Å²) >= 11 is 0. The van der Waals surface area contributed by atoms with Gasteiger partial charge in [-0.15, -0.1) is 0 Å². The Bertz CT molecular complexity index is 435. The van der Waals surface area contributed by atoms with Gasteiger partial charge in [-0.05, 0) is 39.2 Å². The maximum absolute atomic E-state index is 5.92. The number of nitrogens with one attached hydrogen (secondary N) is 1. The van der Waals surface area contributed by atoms with Crippen LogP contribution in [0.5, 0.6) is 0 Å². The minimum absolute atomic E-state index is 0.365. The van der Waals surface area contributed by atoms with Crippen molar-refractivity contribution < 1.29 is 4.42 Å². The van der Waals surface area contributed by atoms with E-state index in [1.165, 1.54) is 12.8 Å². The molecule has 0 bridgehead atoms. The van der Waals surface area contributed by atoms with Crippen LogP contribution >= 0.6 is 0 Å². The van der Waals surface area contributed by atoms with Crippen molar-refractivity contribution in [1.29, 1.82) is 0 Å². The van der Waals surface area contributed by atoms with E-state index in [2.05, 4.69) is 31.1 Å². The van der Waals surface area contributed by atoms with Gasteiger partial charge >= 0.3 is 0 Å². The van der Waals surface area contributed by atoms with Crippen LogP contribution in [0.3, 0.4) is 0 Å². The molecule has 1 heterocycles. The lowest BCUT2D eigenvalue weighted by atomic mass is 10.0. The Morgan fingerprint density at radius 2 is 2.00 bits per heavy atom. The molecular formula is C16H29N3O. The second-order valence-electron chi connectivity index (χ2n) is 6.01. The zero-order valence-electron chi connectivity index (χ0n) is 13.5. The second kappa shape index (κ2) is 7.98. The summed E-state index contributed by atoms with van der Waals surface area (Å²) in [5.74, 6) is 3.12. The Morgan fingerprint density at radius 1 is 1.30 bits per heavy atom.